The average molecular weight is 780 g/mol. The first-order valence-electron chi connectivity index (χ1n) is 17.2. The molecule has 2 aliphatic rings. The second-order valence-corrected chi connectivity index (χ2v) is 17.0. The van der Waals surface area contributed by atoms with Gasteiger partial charge < -0.3 is 30.2 Å². The third-order valence-corrected chi connectivity index (χ3v) is 12.1. The van der Waals surface area contributed by atoms with Gasteiger partial charge in [0, 0.05) is 49.6 Å². The molecule has 0 aliphatic carbocycles. The number of ether oxygens (including phenoxy) is 1. The number of benzene rings is 2. The van der Waals surface area contributed by atoms with Crippen LogP contribution in [0.1, 0.15) is 77.8 Å². The quantitative estimate of drug-likeness (QED) is 0.108. The molecule has 17 heteroatoms. The number of aliphatic hydroxyl groups is 1. The van der Waals surface area contributed by atoms with E-state index < -0.39 is 16.2 Å². The van der Waals surface area contributed by atoms with Crippen LogP contribution in [0.2, 0.25) is 0 Å². The van der Waals surface area contributed by atoms with E-state index in [4.69, 9.17) is 9.29 Å². The fourth-order valence-corrected chi connectivity index (χ4v) is 8.03. The standard InChI is InChI=1S/C33H40FN5O5S2.C2H6O3S/c1-20(2)30-36-25(18-45-30)31(42)39-13-14-44-33(19-39)8-11-38(12-9-33)17-21-3-5-24(34)22(15-21)7-10-35-16-27(41)23-4-6-26(40)28-29(23)46-32(43)37-28;1-2-6(3,4)5/h3-6,15,18,20,27,35,40-41H,7-14,16-17,19H2,1-2H3,(H,37,43);2H2,1H3,(H,3,4,5)/t27-;/m0./s1. The normalized spacial score (nSPS) is 17.0. The van der Waals surface area contributed by atoms with E-state index >= 15 is 0 Å². The Morgan fingerprint density at radius 2 is 1.92 bits per heavy atom. The molecule has 1 spiro atoms. The number of fused-ring (bicyclic) bond motifs is 1. The molecule has 0 unspecified atom stereocenters. The number of aliphatic hydroxyl groups excluding tert-OH is 1. The molecule has 2 saturated heterocycles. The van der Waals surface area contributed by atoms with Crippen LogP contribution in [-0.2, 0) is 27.8 Å². The van der Waals surface area contributed by atoms with Crippen molar-refractivity contribution in [2.24, 2.45) is 0 Å². The number of nitrogens with one attached hydrogen (secondary N) is 2. The van der Waals surface area contributed by atoms with Crippen LogP contribution in [0.3, 0.4) is 0 Å². The first-order chi connectivity index (χ1) is 24.7. The molecule has 0 bridgehead atoms. The minimum Gasteiger partial charge on any atom is -0.506 e. The highest BCUT2D eigenvalue weighted by Crippen LogP contribution is 2.33. The first-order valence-corrected chi connectivity index (χ1v) is 20.5. The predicted molar refractivity (Wildman–Crippen MR) is 199 cm³/mol. The zero-order chi connectivity index (χ0) is 37.6. The summed E-state index contributed by atoms with van der Waals surface area (Å²) in [7, 11) is -3.66. The van der Waals surface area contributed by atoms with Gasteiger partial charge in [-0.1, -0.05) is 43.4 Å². The summed E-state index contributed by atoms with van der Waals surface area (Å²) >= 11 is 2.48. The van der Waals surface area contributed by atoms with E-state index in [2.05, 4.69) is 34.0 Å². The van der Waals surface area contributed by atoms with Crippen LogP contribution in [0.25, 0.3) is 10.2 Å². The number of aromatic amines is 1. The number of carbonyl (C=O) groups excluding carboxylic acids is 1. The molecule has 6 rings (SSSR count). The minimum atomic E-state index is -3.66. The van der Waals surface area contributed by atoms with Crippen molar-refractivity contribution < 1.29 is 37.1 Å². The van der Waals surface area contributed by atoms with Crippen LogP contribution in [-0.4, -0.2) is 106 Å². The maximum Gasteiger partial charge on any atom is 0.305 e. The highest BCUT2D eigenvalue weighted by atomic mass is 32.2. The van der Waals surface area contributed by atoms with Gasteiger partial charge in [0.15, 0.2) is 0 Å². The molecule has 2 aromatic heterocycles. The summed E-state index contributed by atoms with van der Waals surface area (Å²) in [5, 5.41) is 26.8. The lowest BCUT2D eigenvalue weighted by Crippen LogP contribution is -2.58. The van der Waals surface area contributed by atoms with Gasteiger partial charge in [0.1, 0.15) is 22.8 Å². The number of phenolic OH excluding ortho intramolecular Hbond substituents is 1. The summed E-state index contributed by atoms with van der Waals surface area (Å²) in [5.41, 5.74) is 2.69. The van der Waals surface area contributed by atoms with Gasteiger partial charge in [0.25, 0.3) is 16.0 Å². The number of phenols is 1. The Morgan fingerprint density at radius 3 is 2.60 bits per heavy atom. The summed E-state index contributed by atoms with van der Waals surface area (Å²) in [4.78, 5) is 36.1. The van der Waals surface area contributed by atoms with E-state index in [9.17, 15) is 32.6 Å². The van der Waals surface area contributed by atoms with Crippen LogP contribution >= 0.6 is 22.7 Å². The zero-order valence-corrected chi connectivity index (χ0v) is 31.9. The lowest BCUT2D eigenvalue weighted by atomic mass is 9.89. The Hall–Kier alpha value is -3.29. The number of morpholine rings is 1. The molecular weight excluding hydrogens is 734 g/mol. The molecule has 1 atom stereocenters. The van der Waals surface area contributed by atoms with E-state index in [1.54, 1.807) is 6.07 Å². The molecule has 4 heterocycles. The van der Waals surface area contributed by atoms with Crippen LogP contribution in [0.5, 0.6) is 5.75 Å². The van der Waals surface area contributed by atoms with Gasteiger partial charge in [0.2, 0.25) is 0 Å². The number of H-pyrrole nitrogens is 1. The maximum atomic E-state index is 14.7. The lowest BCUT2D eigenvalue weighted by molar-refractivity contribution is -0.128. The highest BCUT2D eigenvalue weighted by molar-refractivity contribution is 7.85. The smallest absolute Gasteiger partial charge is 0.305 e. The fraction of sp³-hybridized carbons (Fsp3) is 0.514. The third kappa shape index (κ3) is 10.2. The summed E-state index contributed by atoms with van der Waals surface area (Å²) in [6.45, 7) is 10.2. The van der Waals surface area contributed by atoms with E-state index in [0.717, 1.165) is 47.8 Å². The molecule has 4 aromatic rings. The SMILES string of the molecule is CC(C)c1nc(C(=O)N2CCOC3(CCN(Cc4ccc(F)c(CCNC[C@H](O)c5ccc(O)c6[nH]c(=O)sc56)c4)CC3)C2)cs1.CCS(=O)(=O)O. The van der Waals surface area contributed by atoms with Gasteiger partial charge in [-0.15, -0.1) is 11.3 Å². The number of hydrogen-bond donors (Lipinski definition) is 5. The van der Waals surface area contributed by atoms with E-state index in [0.29, 0.717) is 72.2 Å². The van der Waals surface area contributed by atoms with Crippen molar-refractivity contribution in [1.29, 1.82) is 0 Å². The van der Waals surface area contributed by atoms with Crippen molar-refractivity contribution in [3.63, 3.8) is 0 Å². The van der Waals surface area contributed by atoms with Crippen molar-refractivity contribution in [2.45, 2.75) is 64.2 Å². The number of nitrogens with zero attached hydrogens (tertiary/aromatic N) is 3. The third-order valence-electron chi connectivity index (χ3n) is 9.27. The largest absolute Gasteiger partial charge is 0.506 e. The van der Waals surface area contributed by atoms with Crippen molar-refractivity contribution in [3.8, 4) is 5.75 Å². The molecule has 2 aromatic carbocycles. The second-order valence-electron chi connectivity index (χ2n) is 13.4. The van der Waals surface area contributed by atoms with Crippen LogP contribution in [0, 0.1) is 5.82 Å². The van der Waals surface area contributed by atoms with Gasteiger partial charge in [-0.25, -0.2) is 9.37 Å². The zero-order valence-electron chi connectivity index (χ0n) is 29.4. The topological polar surface area (TPSA) is 185 Å². The second kappa shape index (κ2) is 17.2. The van der Waals surface area contributed by atoms with E-state index in [1.165, 1.54) is 30.4 Å². The molecule has 2 aliphatic heterocycles. The number of aromatic hydroxyl groups is 1. The summed E-state index contributed by atoms with van der Waals surface area (Å²) in [6, 6.07) is 8.32. The van der Waals surface area contributed by atoms with Crippen LogP contribution in [0.4, 0.5) is 4.39 Å². The first kappa shape index (κ1) is 39.9. The van der Waals surface area contributed by atoms with E-state index in [-0.39, 0.29) is 40.2 Å². The van der Waals surface area contributed by atoms with Crippen molar-refractivity contribution in [2.75, 3.05) is 51.6 Å². The lowest BCUT2D eigenvalue weighted by Gasteiger charge is -2.47. The Balaban J connectivity index is 0.000000803. The number of carbonyl (C=O) groups is 1. The number of likely N-dealkylation sites (tertiary alicyclic amines) is 1. The van der Waals surface area contributed by atoms with Gasteiger partial charge in [0.05, 0.1) is 40.3 Å². The number of amides is 1. The molecule has 0 saturated carbocycles. The highest BCUT2D eigenvalue weighted by Gasteiger charge is 2.41. The molecule has 13 nitrogen and oxygen atoms in total. The predicted octanol–water partition coefficient (Wildman–Crippen LogP) is 4.28. The molecule has 284 valence electrons. The molecule has 2 fully saturated rings. The molecule has 52 heavy (non-hydrogen) atoms. The summed E-state index contributed by atoms with van der Waals surface area (Å²) in [6.07, 6.45) is 1.20. The van der Waals surface area contributed by atoms with Crippen LogP contribution in [0.15, 0.2) is 40.5 Å². The number of aromatic nitrogens is 2. The minimum absolute atomic E-state index is 0.0206. The van der Waals surface area contributed by atoms with E-state index in [1.807, 2.05) is 22.4 Å². The average Bonchev–Trinajstić information content (AvgIpc) is 3.77. The summed E-state index contributed by atoms with van der Waals surface area (Å²) < 4.78 is 48.4. The summed E-state index contributed by atoms with van der Waals surface area (Å²) in [5.74, 6) is -0.225. The van der Waals surface area contributed by atoms with Gasteiger partial charge in [-0.05, 0) is 56.0 Å². The van der Waals surface area contributed by atoms with Gasteiger partial charge in [-0.3, -0.25) is 19.0 Å². The van der Waals surface area contributed by atoms with Gasteiger partial charge in [-0.2, -0.15) is 8.42 Å². The number of rotatable bonds is 11. The van der Waals surface area contributed by atoms with Crippen molar-refractivity contribution in [1.82, 2.24) is 25.1 Å². The number of piperidine rings is 1. The molecule has 1 amide bonds. The molecular formula is C35H46FN5O8S3. The monoisotopic (exact) mass is 779 g/mol. The van der Waals surface area contributed by atoms with Gasteiger partial charge >= 0.3 is 4.87 Å². The maximum absolute atomic E-state index is 14.7. The molecule has 5 N–H and O–H groups in total. The Bertz CT molecular complexity index is 2010. The Morgan fingerprint density at radius 1 is 1.19 bits per heavy atom. The molecule has 0 radical (unpaired) electrons. The van der Waals surface area contributed by atoms with Crippen LogP contribution < -0.4 is 10.2 Å². The number of halogens is 1. The number of thiazole rings is 2. The van der Waals surface area contributed by atoms with Crippen molar-refractivity contribution in [3.05, 3.63) is 78.6 Å². The fourth-order valence-electron chi connectivity index (χ4n) is 6.30. The van der Waals surface area contributed by atoms with Crippen molar-refractivity contribution >= 4 is 48.9 Å². The Kier molecular flexibility index (Phi) is 13.2. The number of hydrogen-bond acceptors (Lipinski definition) is 12. The Labute approximate surface area is 310 Å².